The lowest BCUT2D eigenvalue weighted by atomic mass is 10.2. The number of hydrogen-bond acceptors (Lipinski definition) is 10. The predicted molar refractivity (Wildman–Crippen MR) is 159 cm³/mol. The van der Waals surface area contributed by atoms with E-state index >= 15 is 0 Å². The van der Waals surface area contributed by atoms with E-state index in [2.05, 4.69) is 15.2 Å². The molecule has 2 amide bonds. The summed E-state index contributed by atoms with van der Waals surface area (Å²) in [4.78, 5) is 44.0. The van der Waals surface area contributed by atoms with Crippen LogP contribution < -0.4 is 15.0 Å². The number of carbonyl (C=O) groups excluding carboxylic acids is 1. The monoisotopic (exact) mass is 587 g/mol. The van der Waals surface area contributed by atoms with Crippen molar-refractivity contribution in [1.82, 2.24) is 29.3 Å². The van der Waals surface area contributed by atoms with Gasteiger partial charge in [0.2, 0.25) is 5.95 Å². The molecule has 0 unspecified atom stereocenters. The first kappa shape index (κ1) is 28.2. The normalized spacial score (nSPS) is 15.5. The maximum atomic E-state index is 13.0. The first-order valence-corrected chi connectivity index (χ1v) is 14.2. The number of anilines is 2. The van der Waals surface area contributed by atoms with Crippen LogP contribution >= 0.6 is 0 Å². The van der Waals surface area contributed by atoms with Crippen molar-refractivity contribution >= 4 is 34.6 Å². The van der Waals surface area contributed by atoms with Gasteiger partial charge in [-0.25, -0.2) is 9.78 Å². The zero-order valence-electron chi connectivity index (χ0n) is 23.9. The Bertz CT molecular complexity index is 1600. The zero-order valence-corrected chi connectivity index (χ0v) is 23.9. The predicted octanol–water partition coefficient (Wildman–Crippen LogP) is 2.98. The van der Waals surface area contributed by atoms with E-state index in [0.717, 1.165) is 16.9 Å². The molecule has 0 atom stereocenters. The molecule has 2 fully saturated rings. The lowest BCUT2D eigenvalue weighted by molar-refractivity contribution is -0.384. The first-order valence-electron chi connectivity index (χ1n) is 14.2. The molecule has 2 saturated heterocycles. The second-order valence-corrected chi connectivity index (χ2v) is 10.4. The fourth-order valence-electron chi connectivity index (χ4n) is 5.31. The number of para-hydroxylation sites is 1. The number of ether oxygens (including phenoxy) is 2. The zero-order chi connectivity index (χ0) is 29.8. The Labute approximate surface area is 248 Å². The minimum atomic E-state index is -0.413. The highest BCUT2D eigenvalue weighted by atomic mass is 16.6. The van der Waals surface area contributed by atoms with E-state index in [1.165, 1.54) is 12.1 Å². The summed E-state index contributed by atoms with van der Waals surface area (Å²) in [5.74, 6) is 1.89. The highest BCUT2D eigenvalue weighted by Crippen LogP contribution is 2.26. The van der Waals surface area contributed by atoms with Crippen LogP contribution in [0.1, 0.15) is 11.1 Å². The molecule has 43 heavy (non-hydrogen) atoms. The van der Waals surface area contributed by atoms with Gasteiger partial charge < -0.3 is 34.1 Å². The van der Waals surface area contributed by atoms with Crippen molar-refractivity contribution in [2.45, 2.75) is 13.1 Å². The van der Waals surface area contributed by atoms with Crippen LogP contribution in [-0.4, -0.2) is 99.9 Å². The highest BCUT2D eigenvalue weighted by Gasteiger charge is 2.28. The second kappa shape index (κ2) is 12.5. The SMILES string of the molecule is COc1ccccc1CNc1nc(N2CCN(C(=O)N3CCOCC3)CC2)nc2c1ncn2Cc1ccc([N+](=O)[O-])cc1. The fourth-order valence-corrected chi connectivity index (χ4v) is 5.31. The maximum absolute atomic E-state index is 13.0. The van der Waals surface area contributed by atoms with Crippen molar-refractivity contribution in [1.29, 1.82) is 0 Å². The number of nitrogens with one attached hydrogen (secondary N) is 1. The number of nitro groups is 1. The number of fused-ring (bicyclic) bond motifs is 1. The van der Waals surface area contributed by atoms with Gasteiger partial charge in [-0.2, -0.15) is 9.97 Å². The second-order valence-electron chi connectivity index (χ2n) is 10.4. The van der Waals surface area contributed by atoms with Gasteiger partial charge in [-0.3, -0.25) is 10.1 Å². The third-order valence-electron chi connectivity index (χ3n) is 7.71. The van der Waals surface area contributed by atoms with Crippen LogP contribution in [0.4, 0.5) is 22.2 Å². The number of nitrogens with zero attached hydrogens (tertiary/aromatic N) is 8. The van der Waals surface area contributed by atoms with Crippen LogP contribution in [0.2, 0.25) is 0 Å². The molecule has 14 heteroatoms. The summed E-state index contributed by atoms with van der Waals surface area (Å²) in [6.45, 7) is 5.54. The van der Waals surface area contributed by atoms with Crippen molar-refractivity contribution in [3.05, 3.63) is 76.1 Å². The number of hydrogen-bond donors (Lipinski definition) is 1. The Balaban J connectivity index is 1.26. The lowest BCUT2D eigenvalue weighted by Crippen LogP contribution is -2.55. The Morgan fingerprint density at radius 2 is 1.72 bits per heavy atom. The van der Waals surface area contributed by atoms with E-state index in [4.69, 9.17) is 19.4 Å². The van der Waals surface area contributed by atoms with Crippen LogP contribution in [0.15, 0.2) is 54.9 Å². The van der Waals surface area contributed by atoms with Gasteiger partial charge in [-0.1, -0.05) is 30.3 Å². The number of morpholine rings is 1. The van der Waals surface area contributed by atoms with Crippen LogP contribution in [-0.2, 0) is 17.8 Å². The van der Waals surface area contributed by atoms with E-state index < -0.39 is 4.92 Å². The van der Waals surface area contributed by atoms with Crippen molar-refractivity contribution in [3.63, 3.8) is 0 Å². The summed E-state index contributed by atoms with van der Waals surface area (Å²) >= 11 is 0. The average molecular weight is 588 g/mol. The van der Waals surface area contributed by atoms with Gasteiger partial charge in [0.25, 0.3) is 5.69 Å². The molecule has 0 spiro atoms. The number of amides is 2. The Morgan fingerprint density at radius 3 is 2.44 bits per heavy atom. The van der Waals surface area contributed by atoms with E-state index in [1.807, 2.05) is 38.6 Å². The van der Waals surface area contributed by atoms with Crippen molar-refractivity contribution in [2.24, 2.45) is 0 Å². The minimum Gasteiger partial charge on any atom is -0.496 e. The Kier molecular flexibility index (Phi) is 8.18. The van der Waals surface area contributed by atoms with Crippen LogP contribution in [0.5, 0.6) is 5.75 Å². The Morgan fingerprint density at radius 1 is 1.00 bits per heavy atom. The van der Waals surface area contributed by atoms with Gasteiger partial charge in [0.1, 0.15) is 5.75 Å². The van der Waals surface area contributed by atoms with Gasteiger partial charge in [0.15, 0.2) is 17.0 Å². The molecule has 0 bridgehead atoms. The molecule has 0 saturated carbocycles. The largest absolute Gasteiger partial charge is 0.496 e. The third-order valence-corrected chi connectivity index (χ3v) is 7.71. The molecule has 2 aliphatic rings. The standard InChI is InChI=1S/C29H33N9O5/c1-42-24-5-3-2-4-22(24)18-30-26-25-27(37(20-31-25)19-21-6-8-23(9-7-21)38(40)41)33-28(32-26)34-10-12-35(13-11-34)29(39)36-14-16-43-17-15-36/h2-9,20H,10-19H2,1H3,(H,30,32,33). The van der Waals surface area contributed by atoms with Crippen LogP contribution in [0.25, 0.3) is 11.2 Å². The topological polar surface area (TPSA) is 144 Å². The van der Waals surface area contributed by atoms with E-state index in [0.29, 0.717) is 88.5 Å². The van der Waals surface area contributed by atoms with Crippen molar-refractivity contribution < 1.29 is 19.2 Å². The van der Waals surface area contributed by atoms with E-state index in [9.17, 15) is 14.9 Å². The Hall–Kier alpha value is -4.98. The minimum absolute atomic E-state index is 0.0397. The van der Waals surface area contributed by atoms with Crippen LogP contribution in [0, 0.1) is 10.1 Å². The molecule has 6 rings (SSSR count). The van der Waals surface area contributed by atoms with Crippen molar-refractivity contribution in [3.8, 4) is 5.75 Å². The molecule has 4 heterocycles. The highest BCUT2D eigenvalue weighted by molar-refractivity contribution is 5.84. The van der Waals surface area contributed by atoms with Gasteiger partial charge >= 0.3 is 6.03 Å². The summed E-state index contributed by atoms with van der Waals surface area (Å²) in [5.41, 5.74) is 3.14. The number of non-ortho nitro benzene ring substituents is 1. The quantitative estimate of drug-likeness (QED) is 0.241. The molecule has 1 N–H and O–H groups in total. The summed E-state index contributed by atoms with van der Waals surface area (Å²) in [6.07, 6.45) is 1.71. The maximum Gasteiger partial charge on any atom is 0.320 e. The molecule has 224 valence electrons. The molecule has 4 aromatic rings. The number of benzene rings is 2. The first-order chi connectivity index (χ1) is 21.0. The number of imidazole rings is 1. The average Bonchev–Trinajstić information content (AvgIpc) is 3.46. The van der Waals surface area contributed by atoms with E-state index in [1.54, 1.807) is 25.6 Å². The molecular formula is C29H33N9O5. The molecular weight excluding hydrogens is 554 g/mol. The van der Waals surface area contributed by atoms with Gasteiger partial charge in [0.05, 0.1) is 38.1 Å². The lowest BCUT2D eigenvalue weighted by Gasteiger charge is -2.38. The summed E-state index contributed by atoms with van der Waals surface area (Å²) in [5, 5.41) is 14.5. The third kappa shape index (κ3) is 6.14. The smallest absolute Gasteiger partial charge is 0.320 e. The number of nitro benzene ring substituents is 1. The van der Waals surface area contributed by atoms with Gasteiger partial charge in [-0.15, -0.1) is 0 Å². The molecule has 2 aromatic carbocycles. The van der Waals surface area contributed by atoms with Gasteiger partial charge in [0, 0.05) is 63.5 Å². The number of rotatable bonds is 8. The summed E-state index contributed by atoms with van der Waals surface area (Å²) < 4.78 is 12.8. The molecule has 14 nitrogen and oxygen atoms in total. The van der Waals surface area contributed by atoms with E-state index in [-0.39, 0.29) is 11.7 Å². The number of urea groups is 1. The van der Waals surface area contributed by atoms with Crippen LogP contribution in [0.3, 0.4) is 0 Å². The molecule has 2 aliphatic heterocycles. The molecule has 0 aliphatic carbocycles. The van der Waals surface area contributed by atoms with Gasteiger partial charge in [-0.05, 0) is 11.6 Å². The number of carbonyl (C=O) groups is 1. The molecule has 0 radical (unpaired) electrons. The molecule has 2 aromatic heterocycles. The van der Waals surface area contributed by atoms with Crippen molar-refractivity contribution in [2.75, 3.05) is 69.8 Å². The number of methoxy groups -OCH3 is 1. The number of aromatic nitrogens is 4. The fraction of sp³-hybridized carbons (Fsp3) is 0.379. The summed E-state index contributed by atoms with van der Waals surface area (Å²) in [7, 11) is 1.64. The summed E-state index contributed by atoms with van der Waals surface area (Å²) in [6, 6.07) is 14.3. The number of piperazine rings is 1.